The number of hydrogen-bond donors (Lipinski definition) is 0. The number of benzene rings is 1. The van der Waals surface area contributed by atoms with Crippen LogP contribution in [0.15, 0.2) is 22.7 Å². The Hall–Kier alpha value is -0.540. The second kappa shape index (κ2) is 5.69. The van der Waals surface area contributed by atoms with E-state index in [4.69, 9.17) is 11.6 Å². The van der Waals surface area contributed by atoms with Crippen LogP contribution >= 0.6 is 27.5 Å². The van der Waals surface area contributed by atoms with Crippen molar-refractivity contribution in [1.82, 2.24) is 4.90 Å². The molecule has 0 aliphatic heterocycles. The topological polar surface area (TPSA) is 20.3 Å². The fraction of sp³-hybridized carbons (Fsp3) is 0.562. The Labute approximate surface area is 133 Å². The van der Waals surface area contributed by atoms with Crippen molar-refractivity contribution in [3.8, 4) is 0 Å². The van der Waals surface area contributed by atoms with Crippen molar-refractivity contribution < 1.29 is 4.79 Å². The average molecular weight is 357 g/mol. The third-order valence-corrected chi connectivity index (χ3v) is 5.79. The van der Waals surface area contributed by atoms with Gasteiger partial charge in [-0.3, -0.25) is 4.79 Å². The summed E-state index contributed by atoms with van der Waals surface area (Å²) in [7, 11) is 1.91. The molecule has 2 aliphatic carbocycles. The first kappa shape index (κ1) is 14.4. The van der Waals surface area contributed by atoms with Crippen LogP contribution in [0.3, 0.4) is 0 Å². The van der Waals surface area contributed by atoms with Crippen LogP contribution in [0.2, 0.25) is 5.02 Å². The molecule has 0 aromatic heterocycles. The van der Waals surface area contributed by atoms with Gasteiger partial charge >= 0.3 is 0 Å². The molecule has 1 aromatic carbocycles. The van der Waals surface area contributed by atoms with Gasteiger partial charge in [-0.25, -0.2) is 0 Å². The maximum Gasteiger partial charge on any atom is 0.254 e. The van der Waals surface area contributed by atoms with Crippen molar-refractivity contribution in [2.24, 2.45) is 17.8 Å². The Morgan fingerprint density at radius 2 is 2.20 bits per heavy atom. The molecule has 0 spiro atoms. The van der Waals surface area contributed by atoms with Crippen molar-refractivity contribution in [2.75, 3.05) is 13.6 Å². The number of carbonyl (C=O) groups is 1. The monoisotopic (exact) mass is 355 g/mol. The highest BCUT2D eigenvalue weighted by Crippen LogP contribution is 2.48. The van der Waals surface area contributed by atoms with Crippen LogP contribution < -0.4 is 0 Å². The quantitative estimate of drug-likeness (QED) is 0.774. The molecular formula is C16H19BrClNO. The molecule has 4 heteroatoms. The maximum absolute atomic E-state index is 12.5. The number of amides is 1. The van der Waals surface area contributed by atoms with E-state index in [1.54, 1.807) is 18.2 Å². The lowest BCUT2D eigenvalue weighted by atomic mass is 9.88. The van der Waals surface area contributed by atoms with Crippen LogP contribution in [-0.4, -0.2) is 24.4 Å². The summed E-state index contributed by atoms with van der Waals surface area (Å²) in [6.07, 6.45) is 5.46. The molecular weight excluding hydrogens is 338 g/mol. The van der Waals surface area contributed by atoms with Crippen LogP contribution in [0.1, 0.15) is 36.0 Å². The lowest BCUT2D eigenvalue weighted by Crippen LogP contribution is -2.33. The average Bonchev–Trinajstić information content (AvgIpc) is 3.00. The van der Waals surface area contributed by atoms with E-state index in [0.29, 0.717) is 16.5 Å². The number of carbonyl (C=O) groups excluding carboxylic acids is 1. The molecule has 1 amide bonds. The minimum Gasteiger partial charge on any atom is -0.341 e. The Kier molecular flexibility index (Phi) is 4.09. The van der Waals surface area contributed by atoms with Gasteiger partial charge in [-0.15, -0.1) is 0 Å². The summed E-state index contributed by atoms with van der Waals surface area (Å²) in [5.74, 6) is 2.56. The Balaban J connectivity index is 1.67. The summed E-state index contributed by atoms with van der Waals surface area (Å²) in [5, 5.41) is 0.643. The zero-order valence-electron chi connectivity index (χ0n) is 11.6. The van der Waals surface area contributed by atoms with E-state index in [-0.39, 0.29) is 5.91 Å². The summed E-state index contributed by atoms with van der Waals surface area (Å²) in [5.41, 5.74) is 0.694. The van der Waals surface area contributed by atoms with Gasteiger partial charge in [-0.05, 0) is 71.1 Å². The highest BCUT2D eigenvalue weighted by atomic mass is 79.9. The van der Waals surface area contributed by atoms with Crippen molar-refractivity contribution in [3.63, 3.8) is 0 Å². The van der Waals surface area contributed by atoms with Crippen molar-refractivity contribution in [1.29, 1.82) is 0 Å². The van der Waals surface area contributed by atoms with Crippen LogP contribution in [0, 0.1) is 17.8 Å². The summed E-state index contributed by atoms with van der Waals surface area (Å²) >= 11 is 9.36. The largest absolute Gasteiger partial charge is 0.341 e. The molecule has 3 unspecified atom stereocenters. The molecule has 0 saturated heterocycles. The van der Waals surface area contributed by atoms with Gasteiger partial charge in [0.15, 0.2) is 0 Å². The predicted octanol–water partition coefficient (Wildman–Crippen LogP) is 4.61. The molecule has 2 bridgehead atoms. The van der Waals surface area contributed by atoms with E-state index < -0.39 is 0 Å². The molecule has 0 radical (unpaired) electrons. The fourth-order valence-electron chi connectivity index (χ4n) is 3.90. The maximum atomic E-state index is 12.5. The van der Waals surface area contributed by atoms with E-state index in [2.05, 4.69) is 15.9 Å². The molecule has 2 fully saturated rings. The van der Waals surface area contributed by atoms with Gasteiger partial charge in [-0.1, -0.05) is 18.0 Å². The molecule has 2 aliphatic rings. The zero-order chi connectivity index (χ0) is 14.3. The van der Waals surface area contributed by atoms with Crippen LogP contribution in [-0.2, 0) is 0 Å². The lowest BCUT2D eigenvalue weighted by Gasteiger charge is -2.27. The summed E-state index contributed by atoms with van der Waals surface area (Å²) in [4.78, 5) is 14.4. The van der Waals surface area contributed by atoms with Gasteiger partial charge in [0, 0.05) is 23.1 Å². The minimum absolute atomic E-state index is 0.0799. The van der Waals surface area contributed by atoms with E-state index in [1.807, 2.05) is 11.9 Å². The van der Waals surface area contributed by atoms with Gasteiger partial charge in [0.25, 0.3) is 5.91 Å². The second-order valence-electron chi connectivity index (χ2n) is 6.24. The number of fused-ring (bicyclic) bond motifs is 2. The van der Waals surface area contributed by atoms with E-state index in [1.165, 1.54) is 25.7 Å². The van der Waals surface area contributed by atoms with Gasteiger partial charge in [0.2, 0.25) is 0 Å². The first-order chi connectivity index (χ1) is 9.54. The van der Waals surface area contributed by atoms with Crippen molar-refractivity contribution in [3.05, 3.63) is 33.3 Å². The number of halogens is 2. The number of hydrogen-bond acceptors (Lipinski definition) is 1. The molecule has 3 atom stereocenters. The molecule has 0 heterocycles. The molecule has 2 saturated carbocycles. The zero-order valence-corrected chi connectivity index (χ0v) is 14.0. The van der Waals surface area contributed by atoms with E-state index in [9.17, 15) is 4.79 Å². The number of rotatable bonds is 3. The molecule has 1 aromatic rings. The van der Waals surface area contributed by atoms with Gasteiger partial charge in [-0.2, -0.15) is 0 Å². The standard InChI is InChI=1S/C16H19BrClNO/c1-19(9-12-7-10-2-3-11(12)6-10)16(20)14-5-4-13(18)8-15(14)17/h4-5,8,10-12H,2-3,6-7,9H2,1H3. The molecule has 0 N–H and O–H groups in total. The van der Waals surface area contributed by atoms with Gasteiger partial charge in [0.05, 0.1) is 5.56 Å². The fourth-order valence-corrected chi connectivity index (χ4v) is 4.76. The van der Waals surface area contributed by atoms with Crippen LogP contribution in [0.25, 0.3) is 0 Å². The lowest BCUT2D eigenvalue weighted by molar-refractivity contribution is 0.0753. The summed E-state index contributed by atoms with van der Waals surface area (Å²) in [6, 6.07) is 5.34. The molecule has 2 nitrogen and oxygen atoms in total. The third-order valence-electron chi connectivity index (χ3n) is 4.90. The van der Waals surface area contributed by atoms with E-state index >= 15 is 0 Å². The molecule has 20 heavy (non-hydrogen) atoms. The highest BCUT2D eigenvalue weighted by molar-refractivity contribution is 9.10. The van der Waals surface area contributed by atoms with E-state index in [0.717, 1.165) is 22.9 Å². The van der Waals surface area contributed by atoms with Crippen molar-refractivity contribution >= 4 is 33.4 Å². The van der Waals surface area contributed by atoms with Gasteiger partial charge in [0.1, 0.15) is 0 Å². The SMILES string of the molecule is CN(CC1CC2CCC1C2)C(=O)c1ccc(Cl)cc1Br. The minimum atomic E-state index is 0.0799. The Morgan fingerprint density at radius 3 is 2.80 bits per heavy atom. The van der Waals surface area contributed by atoms with Gasteiger partial charge < -0.3 is 4.90 Å². The Bertz CT molecular complexity index is 533. The summed E-state index contributed by atoms with van der Waals surface area (Å²) < 4.78 is 0.773. The third kappa shape index (κ3) is 2.75. The normalized spacial score (nSPS) is 27.9. The first-order valence-electron chi connectivity index (χ1n) is 7.25. The Morgan fingerprint density at radius 1 is 1.40 bits per heavy atom. The molecule has 108 valence electrons. The first-order valence-corrected chi connectivity index (χ1v) is 8.42. The van der Waals surface area contributed by atoms with Crippen molar-refractivity contribution in [2.45, 2.75) is 25.7 Å². The molecule has 3 rings (SSSR count). The highest BCUT2D eigenvalue weighted by Gasteiger charge is 2.40. The van der Waals surface area contributed by atoms with Crippen LogP contribution in [0.5, 0.6) is 0 Å². The van der Waals surface area contributed by atoms with Crippen LogP contribution in [0.4, 0.5) is 0 Å². The summed E-state index contributed by atoms with van der Waals surface area (Å²) in [6.45, 7) is 0.884. The predicted molar refractivity (Wildman–Crippen MR) is 85.1 cm³/mol. The smallest absolute Gasteiger partial charge is 0.254 e. The second-order valence-corrected chi connectivity index (χ2v) is 7.54. The number of nitrogens with zero attached hydrogens (tertiary/aromatic N) is 1.